The smallest absolute Gasteiger partial charge is 0.433 e. The molecule has 8 nitrogen and oxygen atoms in total. The van der Waals surface area contributed by atoms with E-state index in [1.165, 1.54) is 12.1 Å². The number of alkyl halides is 3. The van der Waals surface area contributed by atoms with Crippen LogP contribution in [0.15, 0.2) is 76.4 Å². The van der Waals surface area contributed by atoms with Gasteiger partial charge in [0, 0.05) is 27.7 Å². The van der Waals surface area contributed by atoms with Gasteiger partial charge in [-0.2, -0.15) is 13.2 Å². The van der Waals surface area contributed by atoms with Crippen LogP contribution in [0, 0.1) is 10.1 Å². The van der Waals surface area contributed by atoms with Crippen molar-refractivity contribution in [2.24, 2.45) is 0 Å². The molecule has 0 aliphatic heterocycles. The fraction of sp³-hybridized carbons (Fsp3) is 0.148. The maximum absolute atomic E-state index is 13.9. The second-order valence-electron chi connectivity index (χ2n) is 8.70. The molecule has 5 rings (SSSR count). The number of amides is 1. The standard InChI is InChI=1S/C27H18BrF3N4O4S/c28-16-6-8-19(9-7-16)39-20-12-17(11-18(13-20)35(37)38)32-23(36)14-40-26-33-24-21-4-2-1-3-15(21)5-10-22(24)25(34-26)27(29,30)31/h1-4,6-9,11-13H,5,10,14H2,(H,32,36). The van der Waals surface area contributed by atoms with E-state index < -0.39 is 22.7 Å². The van der Waals surface area contributed by atoms with Crippen molar-refractivity contribution in [1.82, 2.24) is 9.97 Å². The summed E-state index contributed by atoms with van der Waals surface area (Å²) >= 11 is 4.05. The molecule has 0 atom stereocenters. The minimum absolute atomic E-state index is 0.0369. The highest BCUT2D eigenvalue weighted by Crippen LogP contribution is 2.40. The number of fused-ring (bicyclic) bond motifs is 3. The Balaban J connectivity index is 1.35. The van der Waals surface area contributed by atoms with Crippen LogP contribution in [0.1, 0.15) is 16.8 Å². The Hall–Kier alpha value is -3.97. The summed E-state index contributed by atoms with van der Waals surface area (Å²) in [5.41, 5.74) is 0.506. The largest absolute Gasteiger partial charge is 0.457 e. The van der Waals surface area contributed by atoms with E-state index in [1.54, 1.807) is 36.4 Å². The van der Waals surface area contributed by atoms with Crippen LogP contribution in [0.4, 0.5) is 24.5 Å². The zero-order valence-electron chi connectivity index (χ0n) is 20.4. The van der Waals surface area contributed by atoms with Gasteiger partial charge in [-0.3, -0.25) is 14.9 Å². The number of nitro groups is 1. The molecule has 204 valence electrons. The number of carbonyl (C=O) groups is 1. The van der Waals surface area contributed by atoms with Gasteiger partial charge in [0.25, 0.3) is 5.69 Å². The van der Waals surface area contributed by atoms with Gasteiger partial charge in [-0.25, -0.2) is 9.97 Å². The predicted molar refractivity (Wildman–Crippen MR) is 147 cm³/mol. The van der Waals surface area contributed by atoms with Gasteiger partial charge >= 0.3 is 6.18 Å². The number of halogens is 4. The van der Waals surface area contributed by atoms with Crippen molar-refractivity contribution in [3.63, 3.8) is 0 Å². The first kappa shape index (κ1) is 27.6. The fourth-order valence-electron chi connectivity index (χ4n) is 4.24. The van der Waals surface area contributed by atoms with Gasteiger partial charge in [-0.05, 0) is 42.7 Å². The Bertz CT molecular complexity index is 1620. The number of non-ortho nitro benzene ring substituents is 1. The zero-order chi connectivity index (χ0) is 28.4. The third-order valence-corrected chi connectivity index (χ3v) is 7.32. The molecule has 3 aromatic carbocycles. The molecule has 0 unspecified atom stereocenters. The highest BCUT2D eigenvalue weighted by Gasteiger charge is 2.38. The normalized spacial score (nSPS) is 12.3. The van der Waals surface area contributed by atoms with Crippen molar-refractivity contribution in [2.75, 3.05) is 11.1 Å². The van der Waals surface area contributed by atoms with Gasteiger partial charge in [0.1, 0.15) is 11.5 Å². The first-order valence-corrected chi connectivity index (χ1v) is 13.6. The zero-order valence-corrected chi connectivity index (χ0v) is 22.8. The van der Waals surface area contributed by atoms with Gasteiger partial charge in [-0.1, -0.05) is 52.0 Å². The van der Waals surface area contributed by atoms with Crippen LogP contribution in [0.5, 0.6) is 11.5 Å². The van der Waals surface area contributed by atoms with Crippen molar-refractivity contribution in [3.05, 3.63) is 98.1 Å². The number of nitrogens with one attached hydrogen (secondary N) is 1. The molecular weight excluding hydrogens is 613 g/mol. The van der Waals surface area contributed by atoms with Crippen molar-refractivity contribution >= 4 is 45.0 Å². The second-order valence-corrected chi connectivity index (χ2v) is 10.6. The number of benzene rings is 3. The SMILES string of the molecule is O=C(CSc1nc2c(c(C(F)(F)F)n1)CCc1ccccc1-2)Nc1cc(Oc2ccc(Br)cc2)cc([N+](=O)[O-])c1. The molecule has 1 heterocycles. The molecule has 1 aromatic heterocycles. The molecule has 1 aliphatic rings. The molecule has 0 bridgehead atoms. The highest BCUT2D eigenvalue weighted by molar-refractivity contribution is 9.10. The number of rotatable bonds is 7. The maximum Gasteiger partial charge on any atom is 0.433 e. The summed E-state index contributed by atoms with van der Waals surface area (Å²) in [6.45, 7) is 0. The summed E-state index contributed by atoms with van der Waals surface area (Å²) < 4.78 is 48.2. The summed E-state index contributed by atoms with van der Waals surface area (Å²) in [6, 6.07) is 17.7. The number of nitrogens with zero attached hydrogens (tertiary/aromatic N) is 3. The van der Waals surface area contributed by atoms with Crippen LogP contribution in [0.3, 0.4) is 0 Å². The van der Waals surface area contributed by atoms with Gasteiger partial charge in [0.15, 0.2) is 10.9 Å². The molecule has 0 fully saturated rings. The average Bonchev–Trinajstić information content (AvgIpc) is 2.92. The number of ether oxygens (including phenoxy) is 1. The lowest BCUT2D eigenvalue weighted by molar-refractivity contribution is -0.384. The Kier molecular flexibility index (Phi) is 7.76. The summed E-state index contributed by atoms with van der Waals surface area (Å²) in [5, 5.41) is 13.8. The second kappa shape index (κ2) is 11.3. The Labute approximate surface area is 238 Å². The van der Waals surface area contributed by atoms with E-state index in [-0.39, 0.29) is 45.7 Å². The van der Waals surface area contributed by atoms with Crippen molar-refractivity contribution in [3.8, 4) is 22.8 Å². The molecule has 40 heavy (non-hydrogen) atoms. The van der Waals surface area contributed by atoms with E-state index in [9.17, 15) is 28.1 Å². The third kappa shape index (κ3) is 6.26. The summed E-state index contributed by atoms with van der Waals surface area (Å²) in [6.07, 6.45) is -4.09. The summed E-state index contributed by atoms with van der Waals surface area (Å²) in [5.74, 6) is -0.409. The monoisotopic (exact) mass is 630 g/mol. The van der Waals surface area contributed by atoms with E-state index >= 15 is 0 Å². The first-order chi connectivity index (χ1) is 19.1. The molecule has 4 aromatic rings. The van der Waals surface area contributed by atoms with Gasteiger partial charge in [0.05, 0.1) is 28.1 Å². The maximum atomic E-state index is 13.9. The Morgan fingerprint density at radius 2 is 1.80 bits per heavy atom. The number of carbonyl (C=O) groups excluding carboxylic acids is 1. The lowest BCUT2D eigenvalue weighted by atomic mass is 9.88. The van der Waals surface area contributed by atoms with Crippen LogP contribution >= 0.6 is 27.7 Å². The number of nitro benzene ring substituents is 1. The van der Waals surface area contributed by atoms with Gasteiger partial charge in [-0.15, -0.1) is 0 Å². The van der Waals surface area contributed by atoms with E-state index in [0.29, 0.717) is 17.7 Å². The van der Waals surface area contributed by atoms with E-state index in [4.69, 9.17) is 4.74 Å². The fourth-order valence-corrected chi connectivity index (χ4v) is 5.15. The minimum atomic E-state index is -4.69. The lowest BCUT2D eigenvalue weighted by Gasteiger charge is -2.22. The summed E-state index contributed by atoms with van der Waals surface area (Å²) in [7, 11) is 0. The Morgan fingerprint density at radius 3 is 2.52 bits per heavy atom. The van der Waals surface area contributed by atoms with Gasteiger partial charge < -0.3 is 10.1 Å². The van der Waals surface area contributed by atoms with E-state index in [0.717, 1.165) is 27.9 Å². The number of aryl methyl sites for hydroxylation is 1. The minimum Gasteiger partial charge on any atom is -0.457 e. The van der Waals surface area contributed by atoms with Crippen molar-refractivity contribution < 1.29 is 27.6 Å². The molecule has 1 amide bonds. The molecule has 13 heteroatoms. The highest BCUT2D eigenvalue weighted by atomic mass is 79.9. The number of anilines is 1. The van der Waals surface area contributed by atoms with E-state index in [1.807, 2.05) is 12.1 Å². The van der Waals surface area contributed by atoms with Crippen LogP contribution in [0.25, 0.3) is 11.3 Å². The number of hydrogen-bond donors (Lipinski definition) is 1. The van der Waals surface area contributed by atoms with Crippen molar-refractivity contribution in [1.29, 1.82) is 0 Å². The molecule has 0 saturated heterocycles. The van der Waals surface area contributed by atoms with Crippen LogP contribution < -0.4 is 10.1 Å². The molecule has 1 aliphatic carbocycles. The number of thioether (sulfide) groups is 1. The third-order valence-electron chi connectivity index (χ3n) is 5.94. The Morgan fingerprint density at radius 1 is 1.05 bits per heavy atom. The van der Waals surface area contributed by atoms with Crippen molar-refractivity contribution in [2.45, 2.75) is 24.2 Å². The van der Waals surface area contributed by atoms with E-state index in [2.05, 4.69) is 31.2 Å². The molecule has 1 N–H and O–H groups in total. The van der Waals surface area contributed by atoms with Crippen LogP contribution in [-0.2, 0) is 23.8 Å². The lowest BCUT2D eigenvalue weighted by Crippen LogP contribution is -2.19. The number of aromatic nitrogens is 2. The topological polar surface area (TPSA) is 107 Å². The predicted octanol–water partition coefficient (Wildman–Crippen LogP) is 7.45. The first-order valence-electron chi connectivity index (χ1n) is 11.8. The van der Waals surface area contributed by atoms with Gasteiger partial charge in [0.2, 0.25) is 5.91 Å². The molecule has 0 saturated carbocycles. The average molecular weight is 631 g/mol. The molecular formula is C27H18BrF3N4O4S. The van der Waals surface area contributed by atoms with Crippen LogP contribution in [-0.4, -0.2) is 26.6 Å². The molecule has 0 spiro atoms. The number of hydrogen-bond acceptors (Lipinski definition) is 7. The molecule has 0 radical (unpaired) electrons. The quantitative estimate of drug-likeness (QED) is 0.0977. The van der Waals surface area contributed by atoms with Crippen LogP contribution in [0.2, 0.25) is 0 Å². The summed E-state index contributed by atoms with van der Waals surface area (Å²) in [4.78, 5) is 31.6.